The molecule has 2 rings (SSSR count). The smallest absolute Gasteiger partial charge is 0.129 e. The summed E-state index contributed by atoms with van der Waals surface area (Å²) in [6.07, 6.45) is 1.71. The Morgan fingerprint density at radius 1 is 1.28 bits per heavy atom. The number of hydrogen-bond donors (Lipinski definition) is 1. The zero-order valence-corrected chi connectivity index (χ0v) is 10.4. The van der Waals surface area contributed by atoms with Crippen LogP contribution < -0.4 is 10.1 Å². The number of anilines is 1. The molecule has 0 aliphatic heterocycles. The first-order valence-corrected chi connectivity index (χ1v) is 5.70. The van der Waals surface area contributed by atoms with Gasteiger partial charge in [0.05, 0.1) is 0 Å². The van der Waals surface area contributed by atoms with Gasteiger partial charge in [0.15, 0.2) is 0 Å². The van der Waals surface area contributed by atoms with E-state index in [1.807, 2.05) is 19.2 Å². The molecule has 0 spiro atoms. The van der Waals surface area contributed by atoms with Crippen LogP contribution in [0.1, 0.15) is 11.1 Å². The van der Waals surface area contributed by atoms with E-state index in [2.05, 4.69) is 10.3 Å². The van der Waals surface area contributed by atoms with Crippen LogP contribution in [0.3, 0.4) is 0 Å². The molecular weight excluding hydrogens is 231 g/mol. The minimum atomic E-state index is -0.252. The summed E-state index contributed by atoms with van der Waals surface area (Å²) in [7, 11) is 1.81. The molecule has 0 saturated carbocycles. The molecule has 18 heavy (non-hydrogen) atoms. The number of benzene rings is 1. The lowest BCUT2D eigenvalue weighted by molar-refractivity contribution is 0.304. The van der Waals surface area contributed by atoms with Crippen LogP contribution in [0.5, 0.6) is 5.75 Å². The van der Waals surface area contributed by atoms with Crippen LogP contribution >= 0.6 is 0 Å². The molecule has 0 radical (unpaired) electrons. The van der Waals surface area contributed by atoms with Gasteiger partial charge in [0, 0.05) is 19.3 Å². The molecule has 1 N–H and O–H groups in total. The van der Waals surface area contributed by atoms with Crippen molar-refractivity contribution in [3.05, 3.63) is 53.5 Å². The molecule has 3 nitrogen and oxygen atoms in total. The van der Waals surface area contributed by atoms with E-state index < -0.39 is 0 Å². The first-order chi connectivity index (χ1) is 8.69. The summed E-state index contributed by atoms with van der Waals surface area (Å²) in [4.78, 5) is 4.11. The molecule has 0 atom stereocenters. The van der Waals surface area contributed by atoms with E-state index in [-0.39, 0.29) is 5.82 Å². The van der Waals surface area contributed by atoms with Gasteiger partial charge in [0.25, 0.3) is 0 Å². The molecule has 1 aromatic heterocycles. The topological polar surface area (TPSA) is 34.1 Å². The van der Waals surface area contributed by atoms with E-state index >= 15 is 0 Å². The van der Waals surface area contributed by atoms with Gasteiger partial charge in [-0.15, -0.1) is 0 Å². The average Bonchev–Trinajstić information content (AvgIpc) is 2.40. The summed E-state index contributed by atoms with van der Waals surface area (Å²) in [5, 5.41) is 2.96. The molecule has 0 saturated heterocycles. The van der Waals surface area contributed by atoms with Gasteiger partial charge in [0.1, 0.15) is 24.0 Å². The molecule has 2 aromatic rings. The maximum atomic E-state index is 13.3. The van der Waals surface area contributed by atoms with E-state index in [1.54, 1.807) is 25.3 Å². The number of aromatic nitrogens is 1. The second-order valence-corrected chi connectivity index (χ2v) is 4.00. The van der Waals surface area contributed by atoms with Gasteiger partial charge in [-0.3, -0.25) is 0 Å². The predicted molar refractivity (Wildman–Crippen MR) is 69.3 cm³/mol. The van der Waals surface area contributed by atoms with Crippen LogP contribution in [-0.2, 0) is 6.61 Å². The van der Waals surface area contributed by atoms with Crippen LogP contribution in [-0.4, -0.2) is 12.0 Å². The van der Waals surface area contributed by atoms with Gasteiger partial charge in [-0.2, -0.15) is 0 Å². The van der Waals surface area contributed by atoms with Crippen molar-refractivity contribution in [2.45, 2.75) is 13.5 Å². The molecule has 0 unspecified atom stereocenters. The van der Waals surface area contributed by atoms with Crippen molar-refractivity contribution in [1.82, 2.24) is 4.98 Å². The lowest BCUT2D eigenvalue weighted by Gasteiger charge is -2.08. The van der Waals surface area contributed by atoms with E-state index in [4.69, 9.17) is 4.74 Å². The second kappa shape index (κ2) is 5.49. The van der Waals surface area contributed by atoms with Crippen molar-refractivity contribution in [2.24, 2.45) is 0 Å². The Bertz CT molecular complexity index is 543. The van der Waals surface area contributed by atoms with Crippen LogP contribution in [0.15, 0.2) is 36.5 Å². The monoisotopic (exact) mass is 246 g/mol. The Morgan fingerprint density at radius 2 is 2.11 bits per heavy atom. The largest absolute Gasteiger partial charge is 0.489 e. The first kappa shape index (κ1) is 12.4. The minimum absolute atomic E-state index is 0.252. The van der Waals surface area contributed by atoms with E-state index in [1.165, 1.54) is 6.07 Å². The zero-order chi connectivity index (χ0) is 13.0. The summed E-state index contributed by atoms with van der Waals surface area (Å²) in [6.45, 7) is 2.11. The molecule has 1 aromatic carbocycles. The summed E-state index contributed by atoms with van der Waals surface area (Å²) in [6, 6.07) is 8.63. The van der Waals surface area contributed by atoms with Crippen molar-refractivity contribution in [2.75, 3.05) is 12.4 Å². The molecule has 0 aliphatic carbocycles. The first-order valence-electron chi connectivity index (χ1n) is 5.70. The fourth-order valence-electron chi connectivity index (χ4n) is 1.53. The highest BCUT2D eigenvalue weighted by molar-refractivity contribution is 5.36. The second-order valence-electron chi connectivity index (χ2n) is 4.00. The summed E-state index contributed by atoms with van der Waals surface area (Å²) >= 11 is 0. The van der Waals surface area contributed by atoms with Crippen molar-refractivity contribution < 1.29 is 9.13 Å². The van der Waals surface area contributed by atoms with E-state index in [0.717, 1.165) is 11.4 Å². The number of ether oxygens (including phenoxy) is 1. The fourth-order valence-corrected chi connectivity index (χ4v) is 1.53. The maximum absolute atomic E-state index is 13.3. The van der Waals surface area contributed by atoms with Crippen molar-refractivity contribution >= 4 is 5.82 Å². The van der Waals surface area contributed by atoms with Gasteiger partial charge < -0.3 is 10.1 Å². The van der Waals surface area contributed by atoms with Crippen LogP contribution in [0.4, 0.5) is 10.2 Å². The number of pyridine rings is 1. The highest BCUT2D eigenvalue weighted by atomic mass is 19.1. The third-order valence-corrected chi connectivity index (χ3v) is 2.63. The standard InChI is InChI=1S/C14H15FN2O/c1-10-3-4-12(8-13(10)15)18-9-11-5-6-17-14(7-11)16-2/h3-8H,9H2,1-2H3,(H,16,17). The third kappa shape index (κ3) is 2.97. The van der Waals surface area contributed by atoms with Crippen LogP contribution in [0.2, 0.25) is 0 Å². The quantitative estimate of drug-likeness (QED) is 0.899. The Kier molecular flexibility index (Phi) is 3.77. The number of hydrogen-bond acceptors (Lipinski definition) is 3. The number of rotatable bonds is 4. The van der Waals surface area contributed by atoms with Crippen molar-refractivity contribution in [3.63, 3.8) is 0 Å². The molecular formula is C14H15FN2O. The van der Waals surface area contributed by atoms with Crippen molar-refractivity contribution in [1.29, 1.82) is 0 Å². The van der Waals surface area contributed by atoms with E-state index in [9.17, 15) is 4.39 Å². The summed E-state index contributed by atoms with van der Waals surface area (Å²) in [5.74, 6) is 1.06. The molecule has 0 bridgehead atoms. The molecule has 4 heteroatoms. The number of nitrogens with zero attached hydrogens (tertiary/aromatic N) is 1. The average molecular weight is 246 g/mol. The minimum Gasteiger partial charge on any atom is -0.489 e. The Balaban J connectivity index is 2.04. The molecule has 0 amide bonds. The fraction of sp³-hybridized carbons (Fsp3) is 0.214. The van der Waals surface area contributed by atoms with Gasteiger partial charge in [0.2, 0.25) is 0 Å². The molecule has 0 aliphatic rings. The number of aryl methyl sites for hydroxylation is 1. The molecule has 1 heterocycles. The van der Waals surface area contributed by atoms with Gasteiger partial charge in [-0.05, 0) is 36.2 Å². The zero-order valence-electron chi connectivity index (χ0n) is 10.4. The Hall–Kier alpha value is -2.10. The lowest BCUT2D eigenvalue weighted by atomic mass is 10.2. The van der Waals surface area contributed by atoms with Crippen molar-refractivity contribution in [3.8, 4) is 5.75 Å². The Labute approximate surface area is 106 Å². The highest BCUT2D eigenvalue weighted by Crippen LogP contribution is 2.17. The number of nitrogens with one attached hydrogen (secondary N) is 1. The van der Waals surface area contributed by atoms with Gasteiger partial charge >= 0.3 is 0 Å². The van der Waals surface area contributed by atoms with Gasteiger partial charge in [-0.25, -0.2) is 9.37 Å². The summed E-state index contributed by atoms with van der Waals surface area (Å²) in [5.41, 5.74) is 1.60. The summed E-state index contributed by atoms with van der Waals surface area (Å²) < 4.78 is 18.9. The van der Waals surface area contributed by atoms with Crippen LogP contribution in [0.25, 0.3) is 0 Å². The number of halogens is 1. The van der Waals surface area contributed by atoms with E-state index in [0.29, 0.717) is 17.9 Å². The molecule has 94 valence electrons. The lowest BCUT2D eigenvalue weighted by Crippen LogP contribution is -1.99. The van der Waals surface area contributed by atoms with Gasteiger partial charge in [-0.1, -0.05) is 6.07 Å². The molecule has 0 fully saturated rings. The highest BCUT2D eigenvalue weighted by Gasteiger charge is 2.01. The maximum Gasteiger partial charge on any atom is 0.129 e. The third-order valence-electron chi connectivity index (χ3n) is 2.63. The van der Waals surface area contributed by atoms with Crippen LogP contribution in [0, 0.1) is 12.7 Å². The Morgan fingerprint density at radius 3 is 2.83 bits per heavy atom. The SMILES string of the molecule is CNc1cc(COc2ccc(C)c(F)c2)ccn1. The predicted octanol–water partition coefficient (Wildman–Crippen LogP) is 3.15. The normalized spacial score (nSPS) is 10.2.